The summed E-state index contributed by atoms with van der Waals surface area (Å²) in [6.45, 7) is 0. The minimum Gasteiger partial charge on any atom is -0.480 e. The zero-order chi connectivity index (χ0) is 17.7. The average molecular weight is 332 g/mol. The molecule has 5 N–H and O–H groups in total. The van der Waals surface area contributed by atoms with E-state index >= 15 is 0 Å². The van der Waals surface area contributed by atoms with Gasteiger partial charge in [0.05, 0.1) is 17.5 Å². The number of hydrogen-bond donors (Lipinski definition) is 4. The number of fused-ring (bicyclic) bond motifs is 1. The predicted octanol–water partition coefficient (Wildman–Crippen LogP) is -0.699. The predicted molar refractivity (Wildman–Crippen MR) is 84.1 cm³/mol. The Kier molecular flexibility index (Phi) is 5.25. The third-order valence-corrected chi connectivity index (χ3v) is 3.42. The van der Waals surface area contributed by atoms with Crippen LogP contribution in [0.15, 0.2) is 29.1 Å². The highest BCUT2D eigenvalue weighted by Gasteiger charge is 2.21. The van der Waals surface area contributed by atoms with Crippen LogP contribution in [0.25, 0.3) is 10.8 Å². The summed E-state index contributed by atoms with van der Waals surface area (Å²) in [5.41, 5.74) is 4.93. The van der Waals surface area contributed by atoms with Crippen LogP contribution in [-0.4, -0.2) is 39.1 Å². The summed E-state index contributed by atoms with van der Waals surface area (Å²) in [4.78, 5) is 45.7. The number of benzene rings is 1. The molecular weight excluding hydrogens is 316 g/mol. The molecule has 0 unspecified atom stereocenters. The number of nitrogens with two attached hydrogens (primary N) is 1. The number of nitrogens with one attached hydrogen (secondary N) is 2. The molecule has 0 aliphatic carbocycles. The quantitative estimate of drug-likeness (QED) is 0.525. The molecule has 126 valence electrons. The Balaban J connectivity index is 2.14. The van der Waals surface area contributed by atoms with E-state index in [-0.39, 0.29) is 24.8 Å². The first-order valence-corrected chi connectivity index (χ1v) is 7.15. The largest absolute Gasteiger partial charge is 0.480 e. The van der Waals surface area contributed by atoms with Crippen molar-refractivity contribution in [3.05, 3.63) is 40.3 Å². The van der Waals surface area contributed by atoms with Gasteiger partial charge in [0.2, 0.25) is 11.8 Å². The molecule has 24 heavy (non-hydrogen) atoms. The number of carbonyl (C=O) groups excluding carboxylic acids is 2. The van der Waals surface area contributed by atoms with Gasteiger partial charge in [-0.3, -0.25) is 14.4 Å². The average Bonchev–Trinajstić information content (AvgIpc) is 2.54. The lowest BCUT2D eigenvalue weighted by atomic mass is 10.1. The normalized spacial score (nSPS) is 11.8. The third kappa shape index (κ3) is 4.15. The van der Waals surface area contributed by atoms with E-state index in [0.717, 1.165) is 0 Å². The Bertz CT molecular complexity index is 845. The molecule has 2 amide bonds. The topological polar surface area (TPSA) is 155 Å². The number of carbonyl (C=O) groups is 3. The Morgan fingerprint density at radius 3 is 2.54 bits per heavy atom. The molecule has 2 rings (SSSR count). The first-order chi connectivity index (χ1) is 11.4. The number of carboxylic acids is 1. The van der Waals surface area contributed by atoms with Crippen molar-refractivity contribution < 1.29 is 19.5 Å². The maximum Gasteiger partial charge on any atom is 0.326 e. The number of hydrogen-bond acceptors (Lipinski definition) is 5. The molecule has 0 aliphatic rings. The standard InChI is InChI=1S/C15H16N4O5/c16-12(20)6-5-10(15(23)24)17-13(21)7-11-8-3-1-2-4-9(8)14(22)19-18-11/h1-4,10H,5-7H2,(H2,16,20)(H,17,21)(H,19,22)(H,23,24)/t10-/m0/s1. The number of nitrogens with zero attached hydrogens (tertiary/aromatic N) is 1. The van der Waals surface area contributed by atoms with Crippen molar-refractivity contribution in [2.24, 2.45) is 5.73 Å². The lowest BCUT2D eigenvalue weighted by Crippen LogP contribution is -2.42. The highest BCUT2D eigenvalue weighted by molar-refractivity contribution is 5.90. The molecule has 0 saturated heterocycles. The minimum absolute atomic E-state index is 0.101. The fourth-order valence-corrected chi connectivity index (χ4v) is 2.25. The van der Waals surface area contributed by atoms with Crippen LogP contribution in [0.2, 0.25) is 0 Å². The number of aromatic nitrogens is 2. The lowest BCUT2D eigenvalue weighted by molar-refractivity contribution is -0.142. The number of carboxylic acid groups (broad SMARTS) is 1. The maximum atomic E-state index is 12.1. The van der Waals surface area contributed by atoms with Gasteiger partial charge in [-0.25, -0.2) is 9.89 Å². The molecule has 1 aromatic carbocycles. The van der Waals surface area contributed by atoms with E-state index in [1.165, 1.54) is 0 Å². The van der Waals surface area contributed by atoms with Crippen molar-refractivity contribution in [2.45, 2.75) is 25.3 Å². The fraction of sp³-hybridized carbons (Fsp3) is 0.267. The van der Waals surface area contributed by atoms with Crippen molar-refractivity contribution in [1.29, 1.82) is 0 Å². The van der Waals surface area contributed by atoms with Gasteiger partial charge in [0.25, 0.3) is 5.56 Å². The van der Waals surface area contributed by atoms with Crippen LogP contribution in [0, 0.1) is 0 Å². The van der Waals surface area contributed by atoms with Gasteiger partial charge in [0.1, 0.15) is 6.04 Å². The second kappa shape index (κ2) is 7.36. The molecule has 2 aromatic rings. The molecule has 0 fully saturated rings. The van der Waals surface area contributed by atoms with Crippen LogP contribution in [0.4, 0.5) is 0 Å². The molecular formula is C15H16N4O5. The molecule has 0 radical (unpaired) electrons. The minimum atomic E-state index is -1.26. The van der Waals surface area contributed by atoms with Gasteiger partial charge in [-0.2, -0.15) is 5.10 Å². The van der Waals surface area contributed by atoms with Crippen molar-refractivity contribution >= 4 is 28.6 Å². The van der Waals surface area contributed by atoms with E-state index in [4.69, 9.17) is 10.8 Å². The number of aliphatic carboxylic acids is 1. The zero-order valence-corrected chi connectivity index (χ0v) is 12.6. The smallest absolute Gasteiger partial charge is 0.326 e. The van der Waals surface area contributed by atoms with Crippen molar-refractivity contribution in [1.82, 2.24) is 15.5 Å². The Morgan fingerprint density at radius 1 is 1.25 bits per heavy atom. The van der Waals surface area contributed by atoms with Crippen LogP contribution in [0.5, 0.6) is 0 Å². The molecule has 1 atom stereocenters. The summed E-state index contributed by atoms with van der Waals surface area (Å²) in [7, 11) is 0. The highest BCUT2D eigenvalue weighted by Crippen LogP contribution is 2.12. The van der Waals surface area contributed by atoms with Crippen LogP contribution in [0.3, 0.4) is 0 Å². The summed E-state index contributed by atoms with van der Waals surface area (Å²) in [6, 6.07) is 5.43. The Hall–Kier alpha value is -3.23. The van der Waals surface area contributed by atoms with Crippen molar-refractivity contribution in [3.63, 3.8) is 0 Å². The number of H-pyrrole nitrogens is 1. The molecule has 0 bridgehead atoms. The highest BCUT2D eigenvalue weighted by atomic mass is 16.4. The van der Waals surface area contributed by atoms with E-state index in [2.05, 4.69) is 15.5 Å². The number of primary amides is 1. The molecule has 9 heteroatoms. The summed E-state index contributed by atoms with van der Waals surface area (Å²) in [5.74, 6) is -2.50. The molecule has 0 spiro atoms. The van der Waals surface area contributed by atoms with Crippen molar-refractivity contribution in [3.8, 4) is 0 Å². The first-order valence-electron chi connectivity index (χ1n) is 7.15. The van der Waals surface area contributed by atoms with Gasteiger partial charge in [-0.1, -0.05) is 18.2 Å². The fourth-order valence-electron chi connectivity index (χ4n) is 2.25. The van der Waals surface area contributed by atoms with Gasteiger partial charge < -0.3 is 16.2 Å². The maximum absolute atomic E-state index is 12.1. The third-order valence-electron chi connectivity index (χ3n) is 3.42. The van der Waals surface area contributed by atoms with Gasteiger partial charge in [0, 0.05) is 11.8 Å². The molecule has 1 aromatic heterocycles. The monoisotopic (exact) mass is 332 g/mol. The summed E-state index contributed by atoms with van der Waals surface area (Å²) in [6.07, 6.45) is -0.467. The molecule has 1 heterocycles. The lowest BCUT2D eigenvalue weighted by Gasteiger charge is -2.13. The first kappa shape index (κ1) is 17.1. The van der Waals surface area contributed by atoms with E-state index in [0.29, 0.717) is 16.5 Å². The van der Waals surface area contributed by atoms with Crippen LogP contribution < -0.4 is 16.6 Å². The van der Waals surface area contributed by atoms with Crippen LogP contribution in [0.1, 0.15) is 18.5 Å². The Labute approximate surface area is 135 Å². The van der Waals surface area contributed by atoms with Crippen LogP contribution >= 0.6 is 0 Å². The van der Waals surface area contributed by atoms with Gasteiger partial charge in [0.15, 0.2) is 0 Å². The molecule has 0 aliphatic heterocycles. The van der Waals surface area contributed by atoms with Gasteiger partial charge >= 0.3 is 5.97 Å². The molecule has 0 saturated carbocycles. The summed E-state index contributed by atoms with van der Waals surface area (Å²) >= 11 is 0. The second-order valence-corrected chi connectivity index (χ2v) is 5.19. The van der Waals surface area contributed by atoms with E-state index in [1.807, 2.05) is 0 Å². The van der Waals surface area contributed by atoms with Gasteiger partial charge in [-0.05, 0) is 12.5 Å². The molecule has 9 nitrogen and oxygen atoms in total. The van der Waals surface area contributed by atoms with Gasteiger partial charge in [-0.15, -0.1) is 0 Å². The van der Waals surface area contributed by atoms with E-state index in [1.54, 1.807) is 24.3 Å². The number of aromatic amines is 1. The van der Waals surface area contributed by atoms with Crippen LogP contribution in [-0.2, 0) is 20.8 Å². The SMILES string of the molecule is NC(=O)CC[C@H](NC(=O)Cc1n[nH]c(=O)c2ccccc12)C(=O)O. The summed E-state index contributed by atoms with van der Waals surface area (Å²) in [5, 5.41) is 18.5. The second-order valence-electron chi connectivity index (χ2n) is 5.19. The van der Waals surface area contributed by atoms with Crippen molar-refractivity contribution in [2.75, 3.05) is 0 Å². The number of amides is 2. The number of rotatable bonds is 7. The zero-order valence-electron chi connectivity index (χ0n) is 12.6. The van der Waals surface area contributed by atoms with E-state index in [9.17, 15) is 19.2 Å². The van der Waals surface area contributed by atoms with E-state index < -0.39 is 23.8 Å². The Morgan fingerprint density at radius 2 is 1.92 bits per heavy atom. The summed E-state index contributed by atoms with van der Waals surface area (Å²) < 4.78 is 0.